The monoisotopic (exact) mass is 332 g/mol. The average molecular weight is 332 g/mol. The van der Waals surface area contributed by atoms with Gasteiger partial charge in [0, 0.05) is 17.0 Å². The van der Waals surface area contributed by atoms with Gasteiger partial charge in [-0.2, -0.15) is 0 Å². The molecule has 5 nitrogen and oxygen atoms in total. The van der Waals surface area contributed by atoms with Gasteiger partial charge in [0.2, 0.25) is 0 Å². The average Bonchev–Trinajstić information content (AvgIpc) is 3.01. The molecule has 0 radical (unpaired) electrons. The number of methoxy groups -OCH3 is 2. The van der Waals surface area contributed by atoms with Gasteiger partial charge in [-0.3, -0.25) is 4.79 Å². The van der Waals surface area contributed by atoms with Crippen molar-refractivity contribution in [3.8, 4) is 17.0 Å². The minimum Gasteiger partial charge on any atom is -0.497 e. The normalized spacial score (nSPS) is 10.2. The smallest absolute Gasteiger partial charge is 0.305 e. The lowest BCUT2D eigenvalue weighted by Crippen LogP contribution is -2.01. The highest BCUT2D eigenvalue weighted by atomic mass is 32.1. The number of hydrogen-bond donors (Lipinski definition) is 1. The number of aromatic nitrogens is 1. The van der Waals surface area contributed by atoms with E-state index < -0.39 is 0 Å². The van der Waals surface area contributed by atoms with Crippen LogP contribution in [0, 0.1) is 0 Å². The zero-order valence-corrected chi connectivity index (χ0v) is 14.1. The first-order valence-electron chi connectivity index (χ1n) is 7.23. The molecule has 0 fully saturated rings. The number of ether oxygens (including phenoxy) is 2. The summed E-state index contributed by atoms with van der Waals surface area (Å²) in [5.41, 5.74) is 1.88. The Morgan fingerprint density at radius 1 is 1.35 bits per heavy atom. The van der Waals surface area contributed by atoms with Gasteiger partial charge in [0.15, 0.2) is 5.13 Å². The molecule has 0 saturated heterocycles. The van der Waals surface area contributed by atoms with Crippen molar-refractivity contribution in [1.29, 1.82) is 0 Å². The number of carbonyl (C=O) groups is 1. The van der Waals surface area contributed by atoms with Crippen molar-refractivity contribution in [2.45, 2.75) is 12.8 Å². The largest absolute Gasteiger partial charge is 0.497 e. The van der Waals surface area contributed by atoms with Crippen LogP contribution in [0.2, 0.25) is 0 Å². The molecule has 6 heteroatoms. The molecule has 0 saturated carbocycles. The molecule has 1 heterocycles. The van der Waals surface area contributed by atoms with E-state index in [1.165, 1.54) is 7.11 Å². The number of benzene rings is 1. The molecule has 0 aliphatic heterocycles. The Morgan fingerprint density at radius 3 is 2.70 bits per heavy atom. The summed E-state index contributed by atoms with van der Waals surface area (Å²) in [7, 11) is 3.04. The molecule has 0 aliphatic rings. The van der Waals surface area contributed by atoms with Gasteiger partial charge in [0.1, 0.15) is 5.75 Å². The Balaban J connectivity index is 2.27. The summed E-state index contributed by atoms with van der Waals surface area (Å²) >= 11 is 1.55. The number of rotatable bonds is 8. The Kier molecular flexibility index (Phi) is 6.17. The van der Waals surface area contributed by atoms with Crippen LogP contribution in [0.1, 0.15) is 11.3 Å². The SMILES string of the molecule is C=CCNc1nc(-c2ccc(OC)cc2)c(CCC(=O)OC)s1. The van der Waals surface area contributed by atoms with Crippen LogP contribution in [0.4, 0.5) is 5.13 Å². The predicted molar refractivity (Wildman–Crippen MR) is 93.1 cm³/mol. The van der Waals surface area contributed by atoms with E-state index in [4.69, 9.17) is 9.47 Å². The Labute approximate surface area is 140 Å². The van der Waals surface area contributed by atoms with E-state index in [2.05, 4.69) is 16.9 Å². The minimum atomic E-state index is -0.223. The molecule has 0 atom stereocenters. The van der Waals surface area contributed by atoms with Crippen LogP contribution in [-0.2, 0) is 16.0 Å². The fourth-order valence-corrected chi connectivity index (χ4v) is 3.04. The molecular weight excluding hydrogens is 312 g/mol. The summed E-state index contributed by atoms with van der Waals surface area (Å²) in [4.78, 5) is 17.1. The summed E-state index contributed by atoms with van der Waals surface area (Å²) in [6.45, 7) is 4.34. The van der Waals surface area contributed by atoms with Crippen LogP contribution in [0.5, 0.6) is 5.75 Å². The fraction of sp³-hybridized carbons (Fsp3) is 0.294. The number of hydrogen-bond acceptors (Lipinski definition) is 6. The number of aryl methyl sites for hydroxylation is 1. The molecule has 1 aromatic carbocycles. The minimum absolute atomic E-state index is 0.223. The molecule has 2 rings (SSSR count). The van der Waals surface area contributed by atoms with Crippen molar-refractivity contribution >= 4 is 22.4 Å². The lowest BCUT2D eigenvalue weighted by molar-refractivity contribution is -0.140. The standard InChI is InChI=1S/C17H20N2O3S/c1-4-11-18-17-19-16(12-5-7-13(21-2)8-6-12)14(23-17)9-10-15(20)22-3/h4-8H,1,9-11H2,2-3H3,(H,18,19). The van der Waals surface area contributed by atoms with Crippen LogP contribution in [0.25, 0.3) is 11.3 Å². The molecule has 1 N–H and O–H groups in total. The van der Waals surface area contributed by atoms with Crippen molar-refractivity contribution in [3.63, 3.8) is 0 Å². The maximum atomic E-state index is 11.4. The molecule has 0 spiro atoms. The number of nitrogens with one attached hydrogen (secondary N) is 1. The molecular formula is C17H20N2O3S. The Hall–Kier alpha value is -2.34. The summed E-state index contributed by atoms with van der Waals surface area (Å²) in [6, 6.07) is 7.73. The van der Waals surface area contributed by atoms with Gasteiger partial charge in [-0.05, 0) is 30.7 Å². The number of thiazole rings is 1. The lowest BCUT2D eigenvalue weighted by atomic mass is 10.1. The molecule has 1 aromatic heterocycles. The molecule has 0 bridgehead atoms. The first-order chi connectivity index (χ1) is 11.2. The van der Waals surface area contributed by atoms with Gasteiger partial charge in [0.25, 0.3) is 0 Å². The summed E-state index contributed by atoms with van der Waals surface area (Å²) in [5, 5.41) is 4.01. The maximum absolute atomic E-state index is 11.4. The first-order valence-corrected chi connectivity index (χ1v) is 8.05. The molecule has 0 amide bonds. The molecule has 23 heavy (non-hydrogen) atoms. The Bertz CT molecular complexity index is 665. The van der Waals surface area contributed by atoms with Gasteiger partial charge < -0.3 is 14.8 Å². The van der Waals surface area contributed by atoms with Crippen LogP contribution >= 0.6 is 11.3 Å². The highest BCUT2D eigenvalue weighted by Gasteiger charge is 2.14. The third-order valence-corrected chi connectivity index (χ3v) is 4.32. The third-order valence-electron chi connectivity index (χ3n) is 3.24. The highest BCUT2D eigenvalue weighted by Crippen LogP contribution is 2.33. The number of carbonyl (C=O) groups excluding carboxylic acids is 1. The topological polar surface area (TPSA) is 60.5 Å². The van der Waals surface area contributed by atoms with E-state index >= 15 is 0 Å². The maximum Gasteiger partial charge on any atom is 0.305 e. The van der Waals surface area contributed by atoms with E-state index in [0.29, 0.717) is 19.4 Å². The van der Waals surface area contributed by atoms with E-state index in [1.54, 1.807) is 24.5 Å². The molecule has 2 aromatic rings. The summed E-state index contributed by atoms with van der Waals surface area (Å²) < 4.78 is 9.90. The number of esters is 1. The van der Waals surface area contributed by atoms with Crippen LogP contribution in [0.3, 0.4) is 0 Å². The lowest BCUT2D eigenvalue weighted by Gasteiger charge is -2.04. The fourth-order valence-electron chi connectivity index (χ4n) is 2.05. The first kappa shape index (κ1) is 17.0. The van der Waals surface area contributed by atoms with Crippen molar-refractivity contribution in [1.82, 2.24) is 4.98 Å². The van der Waals surface area contributed by atoms with E-state index in [9.17, 15) is 4.79 Å². The van der Waals surface area contributed by atoms with Gasteiger partial charge in [0.05, 0.1) is 26.3 Å². The van der Waals surface area contributed by atoms with Crippen LogP contribution < -0.4 is 10.1 Å². The zero-order chi connectivity index (χ0) is 16.7. The predicted octanol–water partition coefficient (Wildman–Crippen LogP) is 3.52. The second-order valence-corrected chi connectivity index (χ2v) is 5.85. The summed E-state index contributed by atoms with van der Waals surface area (Å²) in [6.07, 6.45) is 2.72. The quantitative estimate of drug-likeness (QED) is 0.592. The van der Waals surface area contributed by atoms with E-state index in [0.717, 1.165) is 27.0 Å². The van der Waals surface area contributed by atoms with Gasteiger partial charge in [-0.15, -0.1) is 17.9 Å². The van der Waals surface area contributed by atoms with E-state index in [1.807, 2.05) is 24.3 Å². The van der Waals surface area contributed by atoms with Gasteiger partial charge >= 0.3 is 5.97 Å². The van der Waals surface area contributed by atoms with Gasteiger partial charge in [-0.25, -0.2) is 4.98 Å². The highest BCUT2D eigenvalue weighted by molar-refractivity contribution is 7.16. The zero-order valence-electron chi connectivity index (χ0n) is 13.3. The summed E-state index contributed by atoms with van der Waals surface area (Å²) in [5.74, 6) is 0.574. The van der Waals surface area contributed by atoms with Crippen LogP contribution in [0.15, 0.2) is 36.9 Å². The molecule has 0 aliphatic carbocycles. The Morgan fingerprint density at radius 2 is 2.09 bits per heavy atom. The van der Waals surface area contributed by atoms with Crippen LogP contribution in [-0.4, -0.2) is 31.7 Å². The second kappa shape index (κ2) is 8.33. The van der Waals surface area contributed by atoms with Crippen molar-refractivity contribution in [3.05, 3.63) is 41.8 Å². The van der Waals surface area contributed by atoms with Crippen molar-refractivity contribution < 1.29 is 14.3 Å². The van der Waals surface area contributed by atoms with Crippen molar-refractivity contribution in [2.75, 3.05) is 26.1 Å². The molecule has 0 unspecified atom stereocenters. The molecule has 122 valence electrons. The van der Waals surface area contributed by atoms with Crippen molar-refractivity contribution in [2.24, 2.45) is 0 Å². The van der Waals surface area contributed by atoms with Gasteiger partial charge in [-0.1, -0.05) is 6.08 Å². The van der Waals surface area contributed by atoms with E-state index in [-0.39, 0.29) is 5.97 Å². The number of anilines is 1. The third kappa shape index (κ3) is 4.56. The second-order valence-electron chi connectivity index (χ2n) is 4.77. The number of nitrogens with zero attached hydrogens (tertiary/aromatic N) is 1.